The van der Waals surface area contributed by atoms with Gasteiger partial charge in [0, 0.05) is 43.9 Å². The number of nitrogens with zero attached hydrogens (tertiary/aromatic N) is 3. The molecule has 7 nitrogen and oxygen atoms in total. The number of carbonyl (C=O) groups excluding carboxylic acids is 1. The largest absolute Gasteiger partial charge is 0.346 e. The maximum Gasteiger partial charge on any atom is 0.269 e. The second kappa shape index (κ2) is 6.59. The average Bonchev–Trinajstić information content (AvgIpc) is 2.47. The van der Waals surface area contributed by atoms with Crippen LogP contribution in [0.25, 0.3) is 0 Å². The van der Waals surface area contributed by atoms with Crippen molar-refractivity contribution in [2.75, 3.05) is 33.2 Å². The molecule has 0 spiro atoms. The zero-order valence-corrected chi connectivity index (χ0v) is 12.4. The lowest BCUT2D eigenvalue weighted by Gasteiger charge is -2.33. The molecule has 1 fully saturated rings. The molecule has 112 valence electrons. The number of nitrogens with one attached hydrogen (secondary N) is 1. The number of carbonyl (C=O) groups is 1. The van der Waals surface area contributed by atoms with E-state index in [2.05, 4.69) is 10.2 Å². The number of hydrogen-bond donors (Lipinski definition) is 1. The zero-order chi connectivity index (χ0) is 15.4. The van der Waals surface area contributed by atoms with Gasteiger partial charge in [-0.2, -0.15) is 0 Å². The predicted molar refractivity (Wildman–Crippen MR) is 82.2 cm³/mol. The standard InChI is InChI=1S/C13H16N4O3S/c1-15-6-8-16(9-7-15)13(21)14-12(18)10-2-4-11(5-3-10)17(19)20/h2-5H,6-9H2,1H3,(H,14,18,21). The van der Waals surface area contributed by atoms with Crippen LogP contribution in [0.2, 0.25) is 0 Å². The summed E-state index contributed by atoms with van der Waals surface area (Å²) in [4.78, 5) is 26.2. The van der Waals surface area contributed by atoms with Crippen molar-refractivity contribution >= 4 is 28.9 Å². The summed E-state index contributed by atoms with van der Waals surface area (Å²) in [6.07, 6.45) is 0. The third-order valence-corrected chi connectivity index (χ3v) is 3.71. The summed E-state index contributed by atoms with van der Waals surface area (Å²) in [5.41, 5.74) is 0.297. The maximum absolute atomic E-state index is 12.0. The Bertz CT molecular complexity index is 553. The molecule has 1 aromatic rings. The first-order valence-electron chi connectivity index (χ1n) is 6.50. The van der Waals surface area contributed by atoms with Crippen LogP contribution >= 0.6 is 12.2 Å². The molecule has 21 heavy (non-hydrogen) atoms. The smallest absolute Gasteiger partial charge is 0.269 e. The lowest BCUT2D eigenvalue weighted by molar-refractivity contribution is -0.384. The van der Waals surface area contributed by atoms with Gasteiger partial charge in [-0.25, -0.2) is 0 Å². The Balaban J connectivity index is 1.94. The van der Waals surface area contributed by atoms with E-state index in [-0.39, 0.29) is 11.6 Å². The van der Waals surface area contributed by atoms with Crippen LogP contribution in [-0.4, -0.2) is 59.0 Å². The number of hydrogen-bond acceptors (Lipinski definition) is 5. The van der Waals surface area contributed by atoms with Gasteiger partial charge >= 0.3 is 0 Å². The van der Waals surface area contributed by atoms with Crippen LogP contribution in [-0.2, 0) is 0 Å². The van der Waals surface area contributed by atoms with Gasteiger partial charge in [0.2, 0.25) is 0 Å². The minimum atomic E-state index is -0.503. The molecule has 1 aliphatic heterocycles. The molecule has 0 radical (unpaired) electrons. The van der Waals surface area contributed by atoms with E-state index in [0.717, 1.165) is 26.2 Å². The molecule has 0 unspecified atom stereocenters. The molecule has 1 aliphatic rings. The van der Waals surface area contributed by atoms with Gasteiger partial charge in [-0.15, -0.1) is 0 Å². The van der Waals surface area contributed by atoms with Gasteiger partial charge in [0.1, 0.15) is 0 Å². The molecule has 0 bridgehead atoms. The summed E-state index contributed by atoms with van der Waals surface area (Å²) in [5.74, 6) is -0.353. The lowest BCUT2D eigenvalue weighted by Crippen LogP contribution is -2.51. The second-order valence-corrected chi connectivity index (χ2v) is 5.24. The number of piperazine rings is 1. The highest BCUT2D eigenvalue weighted by Gasteiger charge is 2.18. The zero-order valence-electron chi connectivity index (χ0n) is 11.6. The van der Waals surface area contributed by atoms with Gasteiger partial charge in [-0.3, -0.25) is 20.2 Å². The molecule has 2 rings (SSSR count). The minimum Gasteiger partial charge on any atom is -0.346 e. The first-order chi connectivity index (χ1) is 9.97. The minimum absolute atomic E-state index is 0.0480. The van der Waals surface area contributed by atoms with E-state index in [1.54, 1.807) is 0 Å². The van der Waals surface area contributed by atoms with Gasteiger partial charge in [0.15, 0.2) is 5.11 Å². The van der Waals surface area contributed by atoms with Crippen molar-refractivity contribution in [2.45, 2.75) is 0 Å². The van der Waals surface area contributed by atoms with Crippen molar-refractivity contribution in [3.63, 3.8) is 0 Å². The fourth-order valence-corrected chi connectivity index (χ4v) is 2.27. The highest BCUT2D eigenvalue weighted by Crippen LogP contribution is 2.12. The normalized spacial score (nSPS) is 15.6. The van der Waals surface area contributed by atoms with Gasteiger partial charge < -0.3 is 9.80 Å². The third kappa shape index (κ3) is 3.96. The van der Waals surface area contributed by atoms with E-state index in [1.807, 2.05) is 11.9 Å². The molecule has 1 amide bonds. The molecule has 0 atom stereocenters. The summed E-state index contributed by atoms with van der Waals surface area (Å²) in [5, 5.41) is 13.6. The maximum atomic E-state index is 12.0. The van der Waals surface area contributed by atoms with E-state index in [1.165, 1.54) is 24.3 Å². The van der Waals surface area contributed by atoms with E-state index in [4.69, 9.17) is 12.2 Å². The summed E-state index contributed by atoms with van der Waals surface area (Å²) in [6, 6.07) is 5.43. The molecule has 1 heterocycles. The van der Waals surface area contributed by atoms with E-state index in [0.29, 0.717) is 10.7 Å². The first-order valence-corrected chi connectivity index (χ1v) is 6.91. The molecular weight excluding hydrogens is 292 g/mol. The molecule has 1 aromatic carbocycles. The van der Waals surface area contributed by atoms with Gasteiger partial charge in [0.25, 0.3) is 11.6 Å². The van der Waals surface area contributed by atoms with Crippen LogP contribution in [0.5, 0.6) is 0 Å². The third-order valence-electron chi connectivity index (χ3n) is 3.35. The number of nitro groups is 1. The summed E-state index contributed by atoms with van der Waals surface area (Å²) < 4.78 is 0. The second-order valence-electron chi connectivity index (χ2n) is 4.85. The summed E-state index contributed by atoms with van der Waals surface area (Å²) >= 11 is 5.22. The first kappa shape index (κ1) is 15.3. The molecule has 0 saturated carbocycles. The van der Waals surface area contributed by atoms with Gasteiger partial charge in [-0.05, 0) is 31.4 Å². The van der Waals surface area contributed by atoms with Crippen LogP contribution in [0.15, 0.2) is 24.3 Å². The lowest BCUT2D eigenvalue weighted by atomic mass is 10.2. The Hall–Kier alpha value is -2.06. The predicted octanol–water partition coefficient (Wildman–Crippen LogP) is 0.857. The molecule has 1 saturated heterocycles. The SMILES string of the molecule is CN1CCN(C(=S)NC(=O)c2ccc([N+](=O)[O-])cc2)CC1. The van der Waals surface area contributed by atoms with Crippen molar-refractivity contribution in [3.05, 3.63) is 39.9 Å². The van der Waals surface area contributed by atoms with E-state index < -0.39 is 4.92 Å². The van der Waals surface area contributed by atoms with Crippen LogP contribution in [0.1, 0.15) is 10.4 Å². The highest BCUT2D eigenvalue weighted by molar-refractivity contribution is 7.80. The molecule has 1 N–H and O–H groups in total. The van der Waals surface area contributed by atoms with Gasteiger partial charge in [0.05, 0.1) is 4.92 Å². The van der Waals surface area contributed by atoms with Crippen molar-refractivity contribution in [1.29, 1.82) is 0 Å². The Morgan fingerprint density at radius 2 is 1.81 bits per heavy atom. The Labute approximate surface area is 127 Å². The number of thiocarbonyl (C=S) groups is 1. The van der Waals surface area contributed by atoms with Crippen LogP contribution < -0.4 is 5.32 Å². The quantitative estimate of drug-likeness (QED) is 0.496. The van der Waals surface area contributed by atoms with Crippen molar-refractivity contribution in [2.24, 2.45) is 0 Å². The number of amides is 1. The Morgan fingerprint density at radius 3 is 2.33 bits per heavy atom. The number of nitro benzene ring substituents is 1. The molecular formula is C13H16N4O3S. The number of likely N-dealkylation sites (N-methyl/N-ethyl adjacent to an activating group) is 1. The average molecular weight is 308 g/mol. The van der Waals surface area contributed by atoms with Crippen LogP contribution in [0.4, 0.5) is 5.69 Å². The fourth-order valence-electron chi connectivity index (χ4n) is 1.99. The Morgan fingerprint density at radius 1 is 1.24 bits per heavy atom. The number of non-ortho nitro benzene ring substituents is 1. The number of rotatable bonds is 2. The Kier molecular flexibility index (Phi) is 4.81. The summed E-state index contributed by atoms with van der Waals surface area (Å²) in [6.45, 7) is 3.34. The fraction of sp³-hybridized carbons (Fsp3) is 0.385. The van der Waals surface area contributed by atoms with E-state index >= 15 is 0 Å². The highest BCUT2D eigenvalue weighted by atomic mass is 32.1. The molecule has 0 aliphatic carbocycles. The molecule has 0 aromatic heterocycles. The van der Waals surface area contributed by atoms with Gasteiger partial charge in [-0.1, -0.05) is 0 Å². The molecule has 8 heteroatoms. The van der Waals surface area contributed by atoms with Crippen molar-refractivity contribution in [1.82, 2.24) is 15.1 Å². The van der Waals surface area contributed by atoms with Crippen LogP contribution in [0, 0.1) is 10.1 Å². The summed E-state index contributed by atoms with van der Waals surface area (Å²) in [7, 11) is 2.04. The van der Waals surface area contributed by atoms with Crippen molar-refractivity contribution in [3.8, 4) is 0 Å². The van der Waals surface area contributed by atoms with E-state index in [9.17, 15) is 14.9 Å². The monoisotopic (exact) mass is 308 g/mol. The number of benzene rings is 1. The van der Waals surface area contributed by atoms with Crippen molar-refractivity contribution < 1.29 is 9.72 Å². The topological polar surface area (TPSA) is 78.7 Å². The van der Waals surface area contributed by atoms with Crippen LogP contribution in [0.3, 0.4) is 0 Å².